The van der Waals surface area contributed by atoms with E-state index in [1.54, 1.807) is 19.1 Å². The Bertz CT molecular complexity index is 1020. The SMILES string of the molecule is COc1ccc(OC)c(C(=O)COC(=O)c2oc3ccc(F)cc3c2C)c1. The Kier molecular flexibility index (Phi) is 5.12. The van der Waals surface area contributed by atoms with Crippen LogP contribution in [0.25, 0.3) is 11.0 Å². The monoisotopic (exact) mass is 372 g/mol. The number of hydrogen-bond donors (Lipinski definition) is 0. The van der Waals surface area contributed by atoms with E-state index in [0.717, 1.165) is 0 Å². The lowest BCUT2D eigenvalue weighted by Gasteiger charge is -2.09. The van der Waals surface area contributed by atoms with Gasteiger partial charge in [-0.15, -0.1) is 0 Å². The van der Waals surface area contributed by atoms with Gasteiger partial charge in [-0.25, -0.2) is 9.18 Å². The van der Waals surface area contributed by atoms with Crippen molar-refractivity contribution >= 4 is 22.7 Å². The van der Waals surface area contributed by atoms with Gasteiger partial charge in [0.25, 0.3) is 0 Å². The molecule has 0 saturated carbocycles. The number of carbonyl (C=O) groups excluding carboxylic acids is 2. The minimum Gasteiger partial charge on any atom is -0.497 e. The van der Waals surface area contributed by atoms with E-state index in [0.29, 0.717) is 28.0 Å². The zero-order valence-electron chi connectivity index (χ0n) is 15.0. The molecule has 3 rings (SSSR count). The highest BCUT2D eigenvalue weighted by Crippen LogP contribution is 2.27. The first kappa shape index (κ1) is 18.4. The third-order valence-electron chi connectivity index (χ3n) is 4.13. The third kappa shape index (κ3) is 3.62. The molecule has 0 saturated heterocycles. The van der Waals surface area contributed by atoms with Crippen LogP contribution in [0.2, 0.25) is 0 Å². The van der Waals surface area contributed by atoms with Crippen LogP contribution in [-0.4, -0.2) is 32.6 Å². The first-order chi connectivity index (χ1) is 12.9. The van der Waals surface area contributed by atoms with Crippen molar-refractivity contribution in [2.75, 3.05) is 20.8 Å². The number of furan rings is 1. The molecule has 3 aromatic rings. The van der Waals surface area contributed by atoms with Gasteiger partial charge in [-0.3, -0.25) is 4.79 Å². The molecule has 0 aliphatic heterocycles. The van der Waals surface area contributed by atoms with Crippen molar-refractivity contribution in [3.05, 3.63) is 59.1 Å². The van der Waals surface area contributed by atoms with Crippen LogP contribution in [0.1, 0.15) is 26.5 Å². The number of ketones is 1. The topological polar surface area (TPSA) is 75.0 Å². The largest absolute Gasteiger partial charge is 0.497 e. The van der Waals surface area contributed by atoms with E-state index in [9.17, 15) is 14.0 Å². The zero-order chi connectivity index (χ0) is 19.6. The Morgan fingerprint density at radius 1 is 1.07 bits per heavy atom. The molecule has 1 aromatic heterocycles. The lowest BCUT2D eigenvalue weighted by molar-refractivity contribution is 0.0444. The molecule has 27 heavy (non-hydrogen) atoms. The number of Topliss-reactive ketones (excluding diaryl/α,β-unsaturated/α-hetero) is 1. The summed E-state index contributed by atoms with van der Waals surface area (Å²) in [5, 5.41) is 0.475. The molecule has 0 N–H and O–H groups in total. The Morgan fingerprint density at radius 2 is 1.85 bits per heavy atom. The summed E-state index contributed by atoms with van der Waals surface area (Å²) in [4.78, 5) is 24.8. The Labute approximate surface area is 154 Å². The molecule has 1 heterocycles. The van der Waals surface area contributed by atoms with Crippen LogP contribution in [0.4, 0.5) is 4.39 Å². The van der Waals surface area contributed by atoms with Crippen LogP contribution in [0.3, 0.4) is 0 Å². The number of ether oxygens (including phenoxy) is 3. The molecule has 7 heteroatoms. The molecule has 140 valence electrons. The Hall–Kier alpha value is -3.35. The zero-order valence-corrected chi connectivity index (χ0v) is 15.0. The standard InChI is InChI=1S/C20H17FO6/c1-11-14-8-12(21)4-6-18(14)27-19(11)20(23)26-10-16(22)15-9-13(24-2)5-7-17(15)25-3/h4-9H,10H2,1-3H3. The van der Waals surface area contributed by atoms with Crippen molar-refractivity contribution in [2.24, 2.45) is 0 Å². The number of aryl methyl sites for hydroxylation is 1. The van der Waals surface area contributed by atoms with Crippen LogP contribution >= 0.6 is 0 Å². The summed E-state index contributed by atoms with van der Waals surface area (Å²) in [6, 6.07) is 8.69. The quantitative estimate of drug-likeness (QED) is 0.482. The summed E-state index contributed by atoms with van der Waals surface area (Å²) in [6.45, 7) is 1.11. The Balaban J connectivity index is 1.78. The number of benzene rings is 2. The fraction of sp³-hybridized carbons (Fsp3) is 0.200. The molecule has 0 amide bonds. The van der Waals surface area contributed by atoms with Crippen LogP contribution < -0.4 is 9.47 Å². The Morgan fingerprint density at radius 3 is 2.56 bits per heavy atom. The first-order valence-corrected chi connectivity index (χ1v) is 8.05. The molecule has 0 spiro atoms. The molecule has 0 bridgehead atoms. The van der Waals surface area contributed by atoms with Crippen LogP contribution in [-0.2, 0) is 4.74 Å². The summed E-state index contributed by atoms with van der Waals surface area (Å²) in [6.07, 6.45) is 0. The van der Waals surface area contributed by atoms with E-state index >= 15 is 0 Å². The molecular formula is C20H17FO6. The van der Waals surface area contributed by atoms with Crippen molar-refractivity contribution in [1.29, 1.82) is 0 Å². The molecule has 0 aliphatic rings. The molecular weight excluding hydrogens is 355 g/mol. The van der Waals surface area contributed by atoms with Crippen LogP contribution in [0.5, 0.6) is 11.5 Å². The molecule has 0 unspecified atom stereocenters. The molecule has 0 fully saturated rings. The average molecular weight is 372 g/mol. The number of halogens is 1. The second kappa shape index (κ2) is 7.49. The molecule has 0 radical (unpaired) electrons. The van der Waals surface area contributed by atoms with Crippen molar-refractivity contribution in [3.8, 4) is 11.5 Å². The highest BCUT2D eigenvalue weighted by atomic mass is 19.1. The fourth-order valence-electron chi connectivity index (χ4n) is 2.69. The van der Waals surface area contributed by atoms with Gasteiger partial charge in [0.05, 0.1) is 19.8 Å². The predicted molar refractivity (Wildman–Crippen MR) is 95.1 cm³/mol. The number of fused-ring (bicyclic) bond motifs is 1. The van der Waals surface area contributed by atoms with Gasteiger partial charge >= 0.3 is 5.97 Å². The van der Waals surface area contributed by atoms with Gasteiger partial charge in [0, 0.05) is 10.9 Å². The van der Waals surface area contributed by atoms with E-state index < -0.39 is 24.2 Å². The van der Waals surface area contributed by atoms with Gasteiger partial charge in [-0.1, -0.05) is 0 Å². The second-order valence-corrected chi connectivity index (χ2v) is 5.76. The van der Waals surface area contributed by atoms with E-state index in [1.807, 2.05) is 0 Å². The van der Waals surface area contributed by atoms with Crippen molar-refractivity contribution in [3.63, 3.8) is 0 Å². The smallest absolute Gasteiger partial charge is 0.375 e. The van der Waals surface area contributed by atoms with Crippen molar-refractivity contribution in [1.82, 2.24) is 0 Å². The number of esters is 1. The first-order valence-electron chi connectivity index (χ1n) is 8.05. The van der Waals surface area contributed by atoms with Crippen LogP contribution in [0.15, 0.2) is 40.8 Å². The van der Waals surface area contributed by atoms with Gasteiger partial charge in [0.1, 0.15) is 22.9 Å². The molecule has 0 aliphatic carbocycles. The lowest BCUT2D eigenvalue weighted by atomic mass is 10.1. The molecule has 0 atom stereocenters. The second-order valence-electron chi connectivity index (χ2n) is 5.76. The van der Waals surface area contributed by atoms with E-state index in [2.05, 4.69) is 0 Å². The highest BCUT2D eigenvalue weighted by molar-refractivity contribution is 6.02. The van der Waals surface area contributed by atoms with Gasteiger partial charge in [0.15, 0.2) is 6.61 Å². The number of rotatable bonds is 6. The highest BCUT2D eigenvalue weighted by Gasteiger charge is 2.22. The summed E-state index contributed by atoms with van der Waals surface area (Å²) in [7, 11) is 2.91. The van der Waals surface area contributed by atoms with Gasteiger partial charge in [-0.05, 0) is 43.3 Å². The van der Waals surface area contributed by atoms with E-state index in [4.69, 9.17) is 18.6 Å². The predicted octanol–water partition coefficient (Wildman–Crippen LogP) is 3.94. The van der Waals surface area contributed by atoms with Crippen LogP contribution in [0, 0.1) is 12.7 Å². The summed E-state index contributed by atoms with van der Waals surface area (Å²) in [5.41, 5.74) is 1.04. The van der Waals surface area contributed by atoms with Gasteiger partial charge in [0.2, 0.25) is 11.5 Å². The summed E-state index contributed by atoms with van der Waals surface area (Å²) >= 11 is 0. The average Bonchev–Trinajstić information content (AvgIpc) is 3.01. The third-order valence-corrected chi connectivity index (χ3v) is 4.13. The molecule has 2 aromatic carbocycles. The lowest BCUT2D eigenvalue weighted by Crippen LogP contribution is -2.15. The summed E-state index contributed by atoms with van der Waals surface area (Å²) in [5.74, 6) is -0.960. The van der Waals surface area contributed by atoms with Gasteiger partial charge in [-0.2, -0.15) is 0 Å². The number of carbonyl (C=O) groups is 2. The van der Waals surface area contributed by atoms with E-state index in [-0.39, 0.29) is 11.3 Å². The van der Waals surface area contributed by atoms with Crippen molar-refractivity contribution in [2.45, 2.75) is 6.92 Å². The summed E-state index contributed by atoms with van der Waals surface area (Å²) < 4.78 is 34.2. The fourth-order valence-corrected chi connectivity index (χ4v) is 2.69. The molecule has 6 nitrogen and oxygen atoms in total. The van der Waals surface area contributed by atoms with Gasteiger partial charge < -0.3 is 18.6 Å². The maximum absolute atomic E-state index is 13.4. The minimum absolute atomic E-state index is 0.0685. The maximum Gasteiger partial charge on any atom is 0.375 e. The van der Waals surface area contributed by atoms with E-state index in [1.165, 1.54) is 38.5 Å². The number of hydrogen-bond acceptors (Lipinski definition) is 6. The van der Waals surface area contributed by atoms with Crippen molar-refractivity contribution < 1.29 is 32.6 Å². The normalized spacial score (nSPS) is 10.7. The number of methoxy groups -OCH3 is 2. The minimum atomic E-state index is -0.806. The maximum atomic E-state index is 13.4.